The smallest absolute Gasteiger partial charge is 0.303 e. The molecule has 1 heterocycles. The van der Waals surface area contributed by atoms with Gasteiger partial charge in [-0.25, -0.2) is 12.7 Å². The number of carboxylic acid groups (broad SMARTS) is 1. The van der Waals surface area contributed by atoms with Gasteiger partial charge in [0.1, 0.15) is 0 Å². The second-order valence-corrected chi connectivity index (χ2v) is 8.44. The molecule has 0 atom stereocenters. The summed E-state index contributed by atoms with van der Waals surface area (Å²) in [5.41, 5.74) is 0.221. The first-order valence-electron chi connectivity index (χ1n) is 6.82. The first-order valence-corrected chi connectivity index (χ1v) is 8.43. The number of rotatable bonds is 5. The molecular weight excluding hydrogens is 266 g/mol. The highest BCUT2D eigenvalue weighted by atomic mass is 32.2. The summed E-state index contributed by atoms with van der Waals surface area (Å²) in [7, 11) is -3.28. The first kappa shape index (κ1) is 16.4. The summed E-state index contributed by atoms with van der Waals surface area (Å²) in [5.74, 6) is -0.445. The maximum Gasteiger partial charge on any atom is 0.303 e. The third kappa shape index (κ3) is 5.10. The Bertz CT molecular complexity index is 403. The molecule has 0 aliphatic carbocycles. The fourth-order valence-corrected chi connectivity index (χ4v) is 4.07. The van der Waals surface area contributed by atoms with Gasteiger partial charge < -0.3 is 5.11 Å². The van der Waals surface area contributed by atoms with Crippen molar-refractivity contribution in [3.05, 3.63) is 0 Å². The molecule has 0 radical (unpaired) electrons. The molecule has 0 bridgehead atoms. The number of carboxylic acids is 1. The van der Waals surface area contributed by atoms with Crippen molar-refractivity contribution in [1.29, 1.82) is 0 Å². The molecule has 0 unspecified atom stereocenters. The number of piperidine rings is 1. The van der Waals surface area contributed by atoms with Crippen molar-refractivity contribution < 1.29 is 18.3 Å². The van der Waals surface area contributed by atoms with Crippen molar-refractivity contribution in [2.24, 2.45) is 11.3 Å². The van der Waals surface area contributed by atoms with Crippen LogP contribution < -0.4 is 0 Å². The lowest BCUT2D eigenvalue weighted by Gasteiger charge is -2.38. The van der Waals surface area contributed by atoms with Gasteiger partial charge >= 0.3 is 5.97 Å². The van der Waals surface area contributed by atoms with Crippen LogP contribution in [0, 0.1) is 11.3 Å². The zero-order valence-electron chi connectivity index (χ0n) is 12.1. The quantitative estimate of drug-likeness (QED) is 0.840. The minimum absolute atomic E-state index is 0.0561. The van der Waals surface area contributed by atoms with Crippen LogP contribution >= 0.6 is 0 Å². The second-order valence-electron chi connectivity index (χ2n) is 6.35. The summed E-state index contributed by atoms with van der Waals surface area (Å²) in [6.45, 7) is 7.70. The van der Waals surface area contributed by atoms with Crippen LogP contribution in [0.25, 0.3) is 0 Å². The van der Waals surface area contributed by atoms with Crippen molar-refractivity contribution in [1.82, 2.24) is 4.31 Å². The molecule has 19 heavy (non-hydrogen) atoms. The molecule has 1 saturated heterocycles. The predicted molar refractivity (Wildman–Crippen MR) is 74.4 cm³/mol. The summed E-state index contributed by atoms with van der Waals surface area (Å²) in [6, 6.07) is 0. The van der Waals surface area contributed by atoms with Crippen molar-refractivity contribution >= 4 is 16.0 Å². The zero-order chi connectivity index (χ0) is 14.7. The fourth-order valence-electron chi connectivity index (χ4n) is 2.53. The Kier molecular flexibility index (Phi) is 5.38. The van der Waals surface area contributed by atoms with Gasteiger partial charge in [-0.05, 0) is 30.6 Å². The number of nitrogens with zero attached hydrogens (tertiary/aromatic N) is 1. The Balaban J connectivity index is 2.48. The van der Waals surface area contributed by atoms with E-state index in [0.717, 1.165) is 12.8 Å². The van der Waals surface area contributed by atoms with Gasteiger partial charge in [-0.3, -0.25) is 4.79 Å². The lowest BCUT2D eigenvalue weighted by Crippen LogP contribution is -2.42. The molecule has 1 N–H and O–H groups in total. The molecule has 1 aliphatic rings. The lowest BCUT2D eigenvalue weighted by atomic mass is 9.76. The average molecular weight is 291 g/mol. The molecule has 0 saturated carbocycles. The Hall–Kier alpha value is -0.620. The van der Waals surface area contributed by atoms with Crippen LogP contribution in [0.15, 0.2) is 0 Å². The Morgan fingerprint density at radius 2 is 1.79 bits per heavy atom. The molecular formula is C13H25NO4S. The van der Waals surface area contributed by atoms with Crippen LogP contribution in [0.4, 0.5) is 0 Å². The van der Waals surface area contributed by atoms with E-state index in [1.165, 1.54) is 4.31 Å². The molecule has 0 aromatic heterocycles. The van der Waals surface area contributed by atoms with Gasteiger partial charge in [0, 0.05) is 19.5 Å². The summed E-state index contributed by atoms with van der Waals surface area (Å²) < 4.78 is 25.6. The second kappa shape index (κ2) is 6.22. The maximum absolute atomic E-state index is 12.1. The van der Waals surface area contributed by atoms with E-state index < -0.39 is 16.0 Å². The van der Waals surface area contributed by atoms with Crippen molar-refractivity contribution in [3.8, 4) is 0 Å². The lowest BCUT2D eigenvalue weighted by molar-refractivity contribution is -0.137. The minimum Gasteiger partial charge on any atom is -0.481 e. The molecule has 0 spiro atoms. The number of hydrogen-bond donors (Lipinski definition) is 1. The summed E-state index contributed by atoms with van der Waals surface area (Å²) in [5, 5.41) is 8.54. The van der Waals surface area contributed by atoms with E-state index in [4.69, 9.17) is 5.11 Å². The van der Waals surface area contributed by atoms with E-state index in [0.29, 0.717) is 19.0 Å². The van der Waals surface area contributed by atoms with Crippen LogP contribution in [0.3, 0.4) is 0 Å². The Morgan fingerprint density at radius 1 is 1.26 bits per heavy atom. The van der Waals surface area contributed by atoms with Gasteiger partial charge in [-0.2, -0.15) is 0 Å². The standard InChI is InChI=1S/C13H25NO4S/c1-13(2,3)11-6-8-14(9-7-11)19(17,18)10-4-5-12(15)16/h11H,4-10H2,1-3H3,(H,15,16). The number of sulfonamides is 1. The molecule has 112 valence electrons. The molecule has 5 nitrogen and oxygen atoms in total. The molecule has 0 amide bonds. The molecule has 1 fully saturated rings. The third-order valence-corrected chi connectivity index (χ3v) is 5.82. The van der Waals surface area contributed by atoms with Crippen LogP contribution in [0.1, 0.15) is 46.5 Å². The minimum atomic E-state index is -3.28. The largest absolute Gasteiger partial charge is 0.481 e. The normalized spacial score (nSPS) is 19.5. The van der Waals surface area contributed by atoms with Crippen LogP contribution in [0.2, 0.25) is 0 Å². The van der Waals surface area contributed by atoms with Crippen LogP contribution in [-0.2, 0) is 14.8 Å². The summed E-state index contributed by atoms with van der Waals surface area (Å²) >= 11 is 0. The topological polar surface area (TPSA) is 74.7 Å². The van der Waals surface area contributed by atoms with E-state index in [1.54, 1.807) is 0 Å². The van der Waals surface area contributed by atoms with Gasteiger partial charge in [-0.15, -0.1) is 0 Å². The SMILES string of the molecule is CC(C)(C)C1CCN(S(=O)(=O)CCCC(=O)O)CC1. The molecule has 1 rings (SSSR count). The van der Waals surface area contributed by atoms with Gasteiger partial charge in [0.25, 0.3) is 0 Å². The van der Waals surface area contributed by atoms with Gasteiger partial charge in [0.15, 0.2) is 0 Å². The number of aliphatic carboxylic acids is 1. The van der Waals surface area contributed by atoms with Crippen LogP contribution in [0.5, 0.6) is 0 Å². The van der Waals surface area contributed by atoms with Crippen molar-refractivity contribution in [2.75, 3.05) is 18.8 Å². The van der Waals surface area contributed by atoms with E-state index >= 15 is 0 Å². The highest BCUT2D eigenvalue weighted by Crippen LogP contribution is 2.34. The van der Waals surface area contributed by atoms with E-state index in [2.05, 4.69) is 20.8 Å². The molecule has 1 aliphatic heterocycles. The van der Waals surface area contributed by atoms with Gasteiger partial charge in [0.2, 0.25) is 10.0 Å². The summed E-state index contributed by atoms with van der Waals surface area (Å²) in [4.78, 5) is 10.4. The zero-order valence-corrected chi connectivity index (χ0v) is 12.9. The average Bonchev–Trinajstić information content (AvgIpc) is 2.27. The summed E-state index contributed by atoms with van der Waals surface area (Å²) in [6.07, 6.45) is 1.89. The number of hydrogen-bond acceptors (Lipinski definition) is 3. The van der Waals surface area contributed by atoms with Gasteiger partial charge in [0.05, 0.1) is 5.75 Å². The van der Waals surface area contributed by atoms with E-state index in [1.807, 2.05) is 0 Å². The predicted octanol–water partition coefficient (Wildman–Crippen LogP) is 1.94. The van der Waals surface area contributed by atoms with Crippen molar-refractivity contribution in [3.63, 3.8) is 0 Å². The molecule has 0 aromatic rings. The number of carbonyl (C=O) groups is 1. The molecule has 6 heteroatoms. The Morgan fingerprint density at radius 3 is 2.21 bits per heavy atom. The van der Waals surface area contributed by atoms with Crippen molar-refractivity contribution in [2.45, 2.75) is 46.5 Å². The monoisotopic (exact) mass is 291 g/mol. The highest BCUT2D eigenvalue weighted by molar-refractivity contribution is 7.89. The third-order valence-electron chi connectivity index (χ3n) is 3.86. The highest BCUT2D eigenvalue weighted by Gasteiger charge is 2.32. The first-order chi connectivity index (χ1) is 8.63. The molecule has 0 aromatic carbocycles. The van der Waals surface area contributed by atoms with Gasteiger partial charge in [-0.1, -0.05) is 20.8 Å². The Labute approximate surface area is 116 Å². The van der Waals surface area contributed by atoms with E-state index in [9.17, 15) is 13.2 Å². The van der Waals surface area contributed by atoms with E-state index in [-0.39, 0.29) is 24.0 Å². The van der Waals surface area contributed by atoms with Crippen LogP contribution in [-0.4, -0.2) is 42.6 Å². The maximum atomic E-state index is 12.1. The fraction of sp³-hybridized carbons (Fsp3) is 0.923.